The molecule has 1 fully saturated rings. The van der Waals surface area contributed by atoms with Crippen molar-refractivity contribution in [1.82, 2.24) is 25.2 Å². The highest BCUT2D eigenvalue weighted by molar-refractivity contribution is 5.62. The van der Waals surface area contributed by atoms with Crippen LogP contribution >= 0.6 is 0 Å². The lowest BCUT2D eigenvalue weighted by Crippen LogP contribution is -2.06. The Morgan fingerprint density at radius 3 is 3.05 bits per heavy atom. The third-order valence-corrected chi connectivity index (χ3v) is 3.77. The molecule has 22 heavy (non-hydrogen) atoms. The van der Waals surface area contributed by atoms with Crippen molar-refractivity contribution in [3.8, 4) is 11.4 Å². The topological polar surface area (TPSA) is 81.7 Å². The van der Waals surface area contributed by atoms with Gasteiger partial charge < -0.3 is 9.73 Å². The Hall–Kier alpha value is -2.70. The summed E-state index contributed by atoms with van der Waals surface area (Å²) in [4.78, 5) is 3.94. The highest BCUT2D eigenvalue weighted by Gasteiger charge is 2.28. The van der Waals surface area contributed by atoms with Crippen LogP contribution in [0.5, 0.6) is 0 Å². The Bertz CT molecular complexity index is 762. The second-order valence-corrected chi connectivity index (χ2v) is 5.53. The Morgan fingerprint density at radius 2 is 2.27 bits per heavy atom. The highest BCUT2D eigenvalue weighted by Crippen LogP contribution is 2.36. The van der Waals surface area contributed by atoms with E-state index >= 15 is 0 Å². The zero-order valence-corrected chi connectivity index (χ0v) is 12.2. The largest absolute Gasteiger partial charge is 0.446 e. The van der Waals surface area contributed by atoms with Crippen molar-refractivity contribution < 1.29 is 4.42 Å². The minimum Gasteiger partial charge on any atom is -0.446 e. The number of benzene rings is 1. The molecule has 0 radical (unpaired) electrons. The molecule has 7 nitrogen and oxygen atoms in total. The van der Waals surface area contributed by atoms with Gasteiger partial charge in [0, 0.05) is 11.3 Å². The quantitative estimate of drug-likeness (QED) is 0.779. The summed E-state index contributed by atoms with van der Waals surface area (Å²) in [6, 6.07) is 8.58. The zero-order chi connectivity index (χ0) is 14.9. The van der Waals surface area contributed by atoms with Gasteiger partial charge in [-0.05, 0) is 42.3 Å². The monoisotopic (exact) mass is 296 g/mol. The van der Waals surface area contributed by atoms with Crippen LogP contribution < -0.4 is 5.32 Å². The van der Waals surface area contributed by atoms with Gasteiger partial charge in [0.2, 0.25) is 0 Å². The molecule has 1 aliphatic rings. The van der Waals surface area contributed by atoms with Crippen molar-refractivity contribution >= 4 is 5.69 Å². The lowest BCUT2D eigenvalue weighted by molar-refractivity contribution is 0.486. The third kappa shape index (κ3) is 2.45. The summed E-state index contributed by atoms with van der Waals surface area (Å²) in [6.45, 7) is 2.03. The predicted molar refractivity (Wildman–Crippen MR) is 80.1 cm³/mol. The summed E-state index contributed by atoms with van der Waals surface area (Å²) in [5, 5.41) is 15.5. The van der Waals surface area contributed by atoms with Gasteiger partial charge in [-0.1, -0.05) is 12.1 Å². The molecule has 0 aliphatic heterocycles. The molecule has 1 N–H and O–H groups in total. The van der Waals surface area contributed by atoms with Crippen LogP contribution in [0, 0.1) is 0 Å². The molecule has 0 amide bonds. The second-order valence-electron chi connectivity index (χ2n) is 5.53. The minimum absolute atomic E-state index is 0.0391. The van der Waals surface area contributed by atoms with Gasteiger partial charge in [0.15, 0.2) is 12.2 Å². The van der Waals surface area contributed by atoms with Crippen LogP contribution in [0.1, 0.15) is 37.6 Å². The summed E-state index contributed by atoms with van der Waals surface area (Å²) in [7, 11) is 0. The molecule has 4 rings (SSSR count). The minimum atomic E-state index is 0.0391. The maximum atomic E-state index is 5.32. The van der Waals surface area contributed by atoms with Crippen molar-refractivity contribution in [2.45, 2.75) is 31.8 Å². The average molecular weight is 296 g/mol. The lowest BCUT2D eigenvalue weighted by Gasteiger charge is -2.13. The van der Waals surface area contributed by atoms with Crippen LogP contribution in [0.25, 0.3) is 11.4 Å². The van der Waals surface area contributed by atoms with Gasteiger partial charge in [0.1, 0.15) is 5.76 Å². The number of oxazole rings is 1. The summed E-state index contributed by atoms with van der Waals surface area (Å²) in [5.41, 5.74) is 2.00. The van der Waals surface area contributed by atoms with Gasteiger partial charge >= 0.3 is 0 Å². The Balaban J connectivity index is 1.59. The first-order valence-electron chi connectivity index (χ1n) is 7.34. The molecule has 0 saturated heterocycles. The van der Waals surface area contributed by atoms with Gasteiger partial charge in [-0.25, -0.2) is 9.67 Å². The van der Waals surface area contributed by atoms with Crippen molar-refractivity contribution in [2.75, 3.05) is 5.32 Å². The summed E-state index contributed by atoms with van der Waals surface area (Å²) in [6.07, 6.45) is 5.46. The fourth-order valence-electron chi connectivity index (χ4n) is 2.46. The molecule has 7 heteroatoms. The van der Waals surface area contributed by atoms with Crippen LogP contribution in [-0.2, 0) is 0 Å². The molecule has 2 heterocycles. The highest BCUT2D eigenvalue weighted by atomic mass is 16.3. The van der Waals surface area contributed by atoms with Crippen LogP contribution in [0.2, 0.25) is 0 Å². The van der Waals surface area contributed by atoms with E-state index in [0.717, 1.165) is 35.7 Å². The molecule has 0 bridgehead atoms. The molecule has 112 valence electrons. The molecule has 0 spiro atoms. The summed E-state index contributed by atoms with van der Waals surface area (Å²) < 4.78 is 7.23. The van der Waals surface area contributed by atoms with Gasteiger partial charge in [-0.15, -0.1) is 5.10 Å². The number of hydrogen-bond acceptors (Lipinski definition) is 6. The molecular formula is C15H16N6O. The van der Waals surface area contributed by atoms with Crippen LogP contribution in [0.3, 0.4) is 0 Å². The van der Waals surface area contributed by atoms with Crippen LogP contribution in [0.4, 0.5) is 5.69 Å². The summed E-state index contributed by atoms with van der Waals surface area (Å²) in [5.74, 6) is 1.62. The number of hydrogen-bond donors (Lipinski definition) is 1. The zero-order valence-electron chi connectivity index (χ0n) is 12.2. The van der Waals surface area contributed by atoms with Crippen molar-refractivity contribution in [3.63, 3.8) is 0 Å². The molecule has 1 atom stereocenters. The van der Waals surface area contributed by atoms with E-state index in [1.165, 1.54) is 6.39 Å². The first kappa shape index (κ1) is 13.0. The van der Waals surface area contributed by atoms with Gasteiger partial charge in [0.05, 0.1) is 18.3 Å². The number of nitrogens with zero attached hydrogens (tertiary/aromatic N) is 5. The van der Waals surface area contributed by atoms with Crippen LogP contribution in [0.15, 0.2) is 41.3 Å². The number of nitrogens with one attached hydrogen (secondary N) is 1. The predicted octanol–water partition coefficient (Wildman–Crippen LogP) is 2.84. The molecular weight excluding hydrogens is 280 g/mol. The smallest absolute Gasteiger partial charge is 0.182 e. The van der Waals surface area contributed by atoms with E-state index in [1.54, 1.807) is 6.20 Å². The Labute approximate surface area is 127 Å². The van der Waals surface area contributed by atoms with E-state index in [4.69, 9.17) is 4.42 Å². The first-order chi connectivity index (χ1) is 10.8. The van der Waals surface area contributed by atoms with Crippen molar-refractivity contribution in [1.29, 1.82) is 0 Å². The molecule has 1 aliphatic carbocycles. The van der Waals surface area contributed by atoms with Gasteiger partial charge in [-0.3, -0.25) is 0 Å². The molecule has 1 aromatic carbocycles. The maximum Gasteiger partial charge on any atom is 0.182 e. The maximum absolute atomic E-state index is 5.32. The van der Waals surface area contributed by atoms with Gasteiger partial charge in [-0.2, -0.15) is 0 Å². The molecule has 1 saturated carbocycles. The van der Waals surface area contributed by atoms with E-state index < -0.39 is 0 Å². The SMILES string of the molecule is CC(Nc1cccc(-c2nnnn2C2CC2)c1)c1cnco1. The summed E-state index contributed by atoms with van der Waals surface area (Å²) >= 11 is 0. The van der Waals surface area contributed by atoms with Crippen molar-refractivity contribution in [2.24, 2.45) is 0 Å². The Kier molecular flexibility index (Phi) is 3.10. The number of tetrazole rings is 1. The van der Waals surface area contributed by atoms with E-state index in [-0.39, 0.29) is 6.04 Å². The molecule has 3 aromatic rings. The fourth-order valence-corrected chi connectivity index (χ4v) is 2.46. The van der Waals surface area contributed by atoms with E-state index in [2.05, 4.69) is 31.9 Å². The van der Waals surface area contributed by atoms with E-state index in [9.17, 15) is 0 Å². The number of aromatic nitrogens is 5. The molecule has 2 aromatic heterocycles. The lowest BCUT2D eigenvalue weighted by atomic mass is 10.1. The van der Waals surface area contributed by atoms with Crippen molar-refractivity contribution in [3.05, 3.63) is 42.6 Å². The third-order valence-electron chi connectivity index (χ3n) is 3.77. The first-order valence-corrected chi connectivity index (χ1v) is 7.34. The van der Waals surface area contributed by atoms with E-state index in [0.29, 0.717) is 6.04 Å². The number of rotatable bonds is 5. The molecule has 1 unspecified atom stereocenters. The Morgan fingerprint density at radius 1 is 1.36 bits per heavy atom. The van der Waals surface area contributed by atoms with Gasteiger partial charge in [0.25, 0.3) is 0 Å². The standard InChI is InChI=1S/C15H16N6O/c1-10(14-8-16-9-22-14)17-12-4-2-3-11(7-12)15-18-19-20-21(15)13-5-6-13/h2-4,7-10,13,17H,5-6H2,1H3. The number of anilines is 1. The van der Waals surface area contributed by atoms with E-state index in [1.807, 2.05) is 29.8 Å². The second kappa shape index (κ2) is 5.25. The normalized spacial score (nSPS) is 15.7. The average Bonchev–Trinajstić information content (AvgIpc) is 3.05. The fraction of sp³-hybridized carbons (Fsp3) is 0.333. The van der Waals surface area contributed by atoms with Crippen LogP contribution in [-0.4, -0.2) is 25.2 Å².